The molecule has 2 aromatic rings. The lowest BCUT2D eigenvalue weighted by Crippen LogP contribution is -2.13. The highest BCUT2D eigenvalue weighted by atomic mass is 19.1. The SMILES string of the molecule is Cc1ncoc1C(=O)Nc1ccc(C#CCCO)cc1F. The summed E-state index contributed by atoms with van der Waals surface area (Å²) in [5.41, 5.74) is 0.928. The highest BCUT2D eigenvalue weighted by Gasteiger charge is 2.15. The number of benzene rings is 1. The average Bonchev–Trinajstić information content (AvgIpc) is 2.88. The molecule has 1 aromatic heterocycles. The van der Waals surface area contributed by atoms with Gasteiger partial charge in [-0.15, -0.1) is 0 Å². The molecule has 2 rings (SSSR count). The van der Waals surface area contributed by atoms with Gasteiger partial charge in [-0.1, -0.05) is 11.8 Å². The van der Waals surface area contributed by atoms with Crippen molar-refractivity contribution in [3.05, 3.63) is 47.4 Å². The van der Waals surface area contributed by atoms with Crippen LogP contribution in [0.25, 0.3) is 0 Å². The first kappa shape index (κ1) is 14.8. The summed E-state index contributed by atoms with van der Waals surface area (Å²) in [7, 11) is 0. The van der Waals surface area contributed by atoms with Crippen LogP contribution in [0.1, 0.15) is 28.2 Å². The van der Waals surface area contributed by atoms with Crippen molar-refractivity contribution in [3.63, 3.8) is 0 Å². The van der Waals surface area contributed by atoms with Gasteiger partial charge in [0.05, 0.1) is 18.0 Å². The fraction of sp³-hybridized carbons (Fsp3) is 0.200. The van der Waals surface area contributed by atoms with Gasteiger partial charge in [0.15, 0.2) is 6.39 Å². The molecule has 1 aromatic carbocycles. The van der Waals surface area contributed by atoms with Crippen LogP contribution in [0.4, 0.5) is 10.1 Å². The van der Waals surface area contributed by atoms with Crippen molar-refractivity contribution in [2.45, 2.75) is 13.3 Å². The van der Waals surface area contributed by atoms with E-state index in [1.807, 2.05) is 0 Å². The summed E-state index contributed by atoms with van der Waals surface area (Å²) in [4.78, 5) is 15.7. The summed E-state index contributed by atoms with van der Waals surface area (Å²) in [5, 5.41) is 11.0. The molecule has 1 heterocycles. The number of carbonyl (C=O) groups is 1. The van der Waals surface area contributed by atoms with Gasteiger partial charge in [-0.25, -0.2) is 9.37 Å². The normalized spacial score (nSPS) is 9.86. The largest absolute Gasteiger partial charge is 0.438 e. The minimum Gasteiger partial charge on any atom is -0.438 e. The molecule has 0 saturated heterocycles. The number of aliphatic hydroxyl groups is 1. The van der Waals surface area contributed by atoms with Gasteiger partial charge < -0.3 is 14.8 Å². The van der Waals surface area contributed by atoms with E-state index >= 15 is 0 Å². The van der Waals surface area contributed by atoms with E-state index in [1.54, 1.807) is 13.0 Å². The van der Waals surface area contributed by atoms with Crippen LogP contribution in [-0.2, 0) is 0 Å². The molecule has 108 valence electrons. The third-order valence-corrected chi connectivity index (χ3v) is 2.64. The van der Waals surface area contributed by atoms with E-state index < -0.39 is 11.7 Å². The lowest BCUT2D eigenvalue weighted by Gasteiger charge is -2.05. The van der Waals surface area contributed by atoms with E-state index in [2.05, 4.69) is 22.1 Å². The molecule has 0 fully saturated rings. The quantitative estimate of drug-likeness (QED) is 0.848. The Labute approximate surface area is 120 Å². The molecule has 5 nitrogen and oxygen atoms in total. The van der Waals surface area contributed by atoms with Crippen molar-refractivity contribution in [3.8, 4) is 11.8 Å². The Bertz CT molecular complexity index is 713. The number of hydrogen-bond donors (Lipinski definition) is 2. The second-order valence-corrected chi connectivity index (χ2v) is 4.19. The number of rotatable bonds is 3. The van der Waals surface area contributed by atoms with Crippen LogP contribution in [-0.4, -0.2) is 22.6 Å². The Balaban J connectivity index is 2.13. The lowest BCUT2D eigenvalue weighted by molar-refractivity contribution is 0.0995. The first-order chi connectivity index (χ1) is 10.1. The van der Waals surface area contributed by atoms with E-state index in [0.29, 0.717) is 17.7 Å². The highest BCUT2D eigenvalue weighted by Crippen LogP contribution is 2.17. The maximum atomic E-state index is 13.9. The smallest absolute Gasteiger partial charge is 0.293 e. The number of anilines is 1. The second kappa shape index (κ2) is 6.68. The predicted octanol–water partition coefficient (Wildman–Crippen LogP) is 2.11. The van der Waals surface area contributed by atoms with Gasteiger partial charge in [0.25, 0.3) is 5.91 Å². The molecule has 0 aliphatic heterocycles. The van der Waals surface area contributed by atoms with Gasteiger partial charge in [-0.3, -0.25) is 4.79 Å². The fourth-order valence-corrected chi connectivity index (χ4v) is 1.61. The average molecular weight is 288 g/mol. The first-order valence-electron chi connectivity index (χ1n) is 6.22. The van der Waals surface area contributed by atoms with Crippen LogP contribution in [0.5, 0.6) is 0 Å². The zero-order valence-corrected chi connectivity index (χ0v) is 11.3. The number of aromatic nitrogens is 1. The van der Waals surface area contributed by atoms with E-state index in [-0.39, 0.29) is 18.1 Å². The monoisotopic (exact) mass is 288 g/mol. The van der Waals surface area contributed by atoms with Crippen molar-refractivity contribution >= 4 is 11.6 Å². The zero-order chi connectivity index (χ0) is 15.2. The van der Waals surface area contributed by atoms with Crippen LogP contribution < -0.4 is 5.32 Å². The van der Waals surface area contributed by atoms with E-state index in [1.165, 1.54) is 12.1 Å². The minimum absolute atomic E-state index is 0.0310. The number of nitrogens with zero attached hydrogens (tertiary/aromatic N) is 1. The van der Waals surface area contributed by atoms with Crippen LogP contribution in [0.3, 0.4) is 0 Å². The van der Waals surface area contributed by atoms with Crippen LogP contribution in [0.15, 0.2) is 29.0 Å². The molecular weight excluding hydrogens is 275 g/mol. The second-order valence-electron chi connectivity index (χ2n) is 4.19. The predicted molar refractivity (Wildman–Crippen MR) is 74.2 cm³/mol. The van der Waals surface area contributed by atoms with Crippen molar-refractivity contribution in [1.82, 2.24) is 4.98 Å². The van der Waals surface area contributed by atoms with Crippen molar-refractivity contribution in [2.75, 3.05) is 11.9 Å². The number of amides is 1. The van der Waals surface area contributed by atoms with Crippen molar-refractivity contribution < 1.29 is 18.7 Å². The molecule has 2 N–H and O–H groups in total. The molecule has 0 aliphatic rings. The molecule has 0 saturated carbocycles. The van der Waals surface area contributed by atoms with Gasteiger partial charge in [-0.2, -0.15) is 0 Å². The van der Waals surface area contributed by atoms with E-state index in [4.69, 9.17) is 9.52 Å². The fourth-order valence-electron chi connectivity index (χ4n) is 1.61. The first-order valence-corrected chi connectivity index (χ1v) is 6.22. The molecule has 21 heavy (non-hydrogen) atoms. The maximum Gasteiger partial charge on any atom is 0.293 e. The number of nitrogens with one attached hydrogen (secondary N) is 1. The van der Waals surface area contributed by atoms with E-state index in [9.17, 15) is 9.18 Å². The zero-order valence-electron chi connectivity index (χ0n) is 11.3. The number of oxazole rings is 1. The van der Waals surface area contributed by atoms with Crippen LogP contribution in [0.2, 0.25) is 0 Å². The summed E-state index contributed by atoms with van der Waals surface area (Å²) >= 11 is 0. The molecular formula is C15H13FN2O3. The van der Waals surface area contributed by atoms with E-state index in [0.717, 1.165) is 6.39 Å². The Morgan fingerprint density at radius 1 is 1.52 bits per heavy atom. The van der Waals surface area contributed by atoms with Crippen molar-refractivity contribution in [1.29, 1.82) is 0 Å². The molecule has 6 heteroatoms. The van der Waals surface area contributed by atoms with Gasteiger partial charge in [0.2, 0.25) is 5.76 Å². The molecule has 0 aliphatic carbocycles. The Morgan fingerprint density at radius 3 is 2.95 bits per heavy atom. The Morgan fingerprint density at radius 2 is 2.33 bits per heavy atom. The van der Waals surface area contributed by atoms with Gasteiger partial charge in [0, 0.05) is 12.0 Å². The van der Waals surface area contributed by atoms with Gasteiger partial charge in [-0.05, 0) is 25.1 Å². The van der Waals surface area contributed by atoms with Crippen LogP contribution >= 0.6 is 0 Å². The van der Waals surface area contributed by atoms with Crippen molar-refractivity contribution in [2.24, 2.45) is 0 Å². The topological polar surface area (TPSA) is 75.4 Å². The standard InChI is InChI=1S/C15H13FN2O3/c1-10-14(21-9-17-10)15(20)18-13-6-5-11(8-12(13)16)4-2-3-7-19/h5-6,8-9,19H,3,7H2,1H3,(H,18,20). The summed E-state index contributed by atoms with van der Waals surface area (Å²) < 4.78 is 18.8. The number of aryl methyl sites for hydroxylation is 1. The number of halogens is 1. The number of carbonyl (C=O) groups excluding carboxylic acids is 1. The summed E-state index contributed by atoms with van der Waals surface area (Å²) in [6.45, 7) is 1.58. The number of aliphatic hydroxyl groups excluding tert-OH is 1. The Hall–Kier alpha value is -2.65. The molecule has 0 bridgehead atoms. The summed E-state index contributed by atoms with van der Waals surface area (Å²) in [6, 6.07) is 4.21. The molecule has 0 spiro atoms. The van der Waals surface area contributed by atoms with Crippen LogP contribution in [0, 0.1) is 24.6 Å². The maximum absolute atomic E-state index is 13.9. The van der Waals surface area contributed by atoms with Gasteiger partial charge >= 0.3 is 0 Å². The summed E-state index contributed by atoms with van der Waals surface area (Å²) in [6.07, 6.45) is 1.48. The third-order valence-electron chi connectivity index (χ3n) is 2.64. The number of hydrogen-bond acceptors (Lipinski definition) is 4. The lowest BCUT2D eigenvalue weighted by atomic mass is 10.2. The summed E-state index contributed by atoms with van der Waals surface area (Å²) in [5.74, 6) is 4.28. The highest BCUT2D eigenvalue weighted by molar-refractivity contribution is 6.02. The van der Waals surface area contributed by atoms with Gasteiger partial charge in [0.1, 0.15) is 5.82 Å². The third kappa shape index (κ3) is 3.68. The molecule has 0 unspecified atom stereocenters. The minimum atomic E-state index is -0.601. The molecule has 0 atom stereocenters. The molecule has 1 amide bonds. The Kier molecular flexibility index (Phi) is 4.69. The molecule has 0 radical (unpaired) electrons.